The molecule has 28 heavy (non-hydrogen) atoms. The molecule has 142 valence electrons. The van der Waals surface area contributed by atoms with E-state index in [0.29, 0.717) is 12.2 Å². The number of rotatable bonds is 5. The van der Waals surface area contributed by atoms with Crippen molar-refractivity contribution in [2.45, 2.75) is 25.8 Å². The molecule has 1 aromatic carbocycles. The third-order valence-electron chi connectivity index (χ3n) is 5.11. The van der Waals surface area contributed by atoms with Crippen LogP contribution in [0.5, 0.6) is 0 Å². The topological polar surface area (TPSA) is 83.6 Å². The first-order valence-corrected chi connectivity index (χ1v) is 10.2. The van der Waals surface area contributed by atoms with Crippen molar-refractivity contribution in [3.05, 3.63) is 58.5 Å². The van der Waals surface area contributed by atoms with Crippen LogP contribution >= 0.6 is 11.3 Å². The molecule has 8 heteroatoms. The molecule has 0 spiro atoms. The summed E-state index contributed by atoms with van der Waals surface area (Å²) in [7, 11) is 0. The van der Waals surface area contributed by atoms with Gasteiger partial charge in [0.25, 0.3) is 5.91 Å². The maximum atomic E-state index is 13.1. The Labute approximate surface area is 165 Å². The van der Waals surface area contributed by atoms with Gasteiger partial charge in [-0.05, 0) is 30.4 Å². The Kier molecular flexibility index (Phi) is 4.29. The van der Waals surface area contributed by atoms with Crippen LogP contribution in [0.15, 0.2) is 36.7 Å². The van der Waals surface area contributed by atoms with Gasteiger partial charge in [-0.3, -0.25) is 4.79 Å². The molecule has 0 unspecified atom stereocenters. The minimum atomic E-state index is -0.290. The van der Waals surface area contributed by atoms with Crippen LogP contribution in [0.2, 0.25) is 0 Å². The number of carbonyl (C=O) groups is 1. The fourth-order valence-electron chi connectivity index (χ4n) is 3.80. The van der Waals surface area contributed by atoms with E-state index in [1.807, 2.05) is 30.3 Å². The fraction of sp³-hybridized carbons (Fsp3) is 0.300. The van der Waals surface area contributed by atoms with E-state index in [-0.39, 0.29) is 24.9 Å². The summed E-state index contributed by atoms with van der Waals surface area (Å²) in [5, 5.41) is 14.8. The quantitative estimate of drug-likeness (QED) is 0.563. The van der Waals surface area contributed by atoms with Crippen LogP contribution in [0.3, 0.4) is 0 Å². The molecule has 0 fully saturated rings. The number of aliphatic hydroxyl groups is 1. The van der Waals surface area contributed by atoms with Crippen LogP contribution in [0.4, 0.5) is 0 Å². The summed E-state index contributed by atoms with van der Waals surface area (Å²) in [6, 6.07) is 9.70. The van der Waals surface area contributed by atoms with Gasteiger partial charge in [-0.1, -0.05) is 30.3 Å². The molecule has 0 saturated heterocycles. The van der Waals surface area contributed by atoms with Crippen molar-refractivity contribution < 1.29 is 9.90 Å². The van der Waals surface area contributed by atoms with E-state index in [1.54, 1.807) is 27.1 Å². The highest BCUT2D eigenvalue weighted by Crippen LogP contribution is 2.37. The van der Waals surface area contributed by atoms with Crippen LogP contribution in [-0.4, -0.2) is 48.6 Å². The van der Waals surface area contributed by atoms with Gasteiger partial charge in [-0.2, -0.15) is 0 Å². The van der Waals surface area contributed by atoms with E-state index < -0.39 is 0 Å². The molecule has 1 aliphatic carbocycles. The van der Waals surface area contributed by atoms with Gasteiger partial charge in [0.05, 0.1) is 12.0 Å². The predicted molar refractivity (Wildman–Crippen MR) is 106 cm³/mol. The highest BCUT2D eigenvalue weighted by atomic mass is 32.1. The summed E-state index contributed by atoms with van der Waals surface area (Å²) in [6.45, 7) is 0.512. The second kappa shape index (κ2) is 6.96. The Hall–Kier alpha value is -2.84. The molecule has 3 heterocycles. The molecule has 3 aromatic heterocycles. The molecule has 1 aliphatic rings. The highest BCUT2D eigenvalue weighted by Gasteiger charge is 2.25. The molecular weight excluding hydrogens is 374 g/mol. The van der Waals surface area contributed by atoms with Gasteiger partial charge in [0.15, 0.2) is 5.65 Å². The van der Waals surface area contributed by atoms with Gasteiger partial charge in [-0.25, -0.2) is 14.5 Å². The summed E-state index contributed by atoms with van der Waals surface area (Å²) < 4.78 is 1.60. The third kappa shape index (κ3) is 2.85. The molecule has 0 aliphatic heterocycles. The monoisotopic (exact) mass is 393 g/mol. The second-order valence-electron chi connectivity index (χ2n) is 6.92. The zero-order valence-electron chi connectivity index (χ0n) is 15.2. The lowest BCUT2D eigenvalue weighted by Crippen LogP contribution is -2.33. The van der Waals surface area contributed by atoms with Gasteiger partial charge in [0.1, 0.15) is 11.2 Å². The number of thiophene rings is 1. The summed E-state index contributed by atoms with van der Waals surface area (Å²) in [5.74, 6) is -0.154. The number of nitrogens with zero attached hydrogens (tertiary/aromatic N) is 5. The van der Waals surface area contributed by atoms with E-state index >= 15 is 0 Å². The number of amides is 1. The second-order valence-corrected chi connectivity index (χ2v) is 8.01. The molecule has 5 rings (SSSR count). The Morgan fingerprint density at radius 3 is 2.93 bits per heavy atom. The van der Waals surface area contributed by atoms with E-state index in [2.05, 4.69) is 15.1 Å². The van der Waals surface area contributed by atoms with Crippen molar-refractivity contribution in [2.75, 3.05) is 13.2 Å². The number of hydrogen-bond acceptors (Lipinski definition) is 6. The predicted octanol–water partition coefficient (Wildman–Crippen LogP) is 2.46. The Balaban J connectivity index is 1.54. The maximum Gasteiger partial charge on any atom is 0.293 e. The van der Waals surface area contributed by atoms with Crippen molar-refractivity contribution >= 4 is 33.1 Å². The van der Waals surface area contributed by atoms with Gasteiger partial charge in [0, 0.05) is 18.0 Å². The van der Waals surface area contributed by atoms with Crippen molar-refractivity contribution in [3.63, 3.8) is 0 Å². The SMILES string of the molecule is O=C(c1nc2c3c4c(sc3ncn2n1)CCC4)N(CCO)Cc1ccccc1. The molecule has 0 radical (unpaired) electrons. The van der Waals surface area contributed by atoms with E-state index in [1.165, 1.54) is 10.4 Å². The number of fused-ring (bicyclic) bond motifs is 5. The number of aromatic nitrogens is 4. The minimum absolute atomic E-state index is 0.115. The maximum absolute atomic E-state index is 13.1. The molecule has 1 N–H and O–H groups in total. The Morgan fingerprint density at radius 1 is 1.25 bits per heavy atom. The molecule has 4 aromatic rings. The number of aliphatic hydroxyl groups excluding tert-OH is 1. The third-order valence-corrected chi connectivity index (χ3v) is 6.31. The molecule has 7 nitrogen and oxygen atoms in total. The van der Waals surface area contributed by atoms with Gasteiger partial charge >= 0.3 is 0 Å². The summed E-state index contributed by atoms with van der Waals surface area (Å²) in [5.41, 5.74) is 2.99. The zero-order chi connectivity index (χ0) is 19.1. The van der Waals surface area contributed by atoms with Crippen molar-refractivity contribution in [2.24, 2.45) is 0 Å². The smallest absolute Gasteiger partial charge is 0.293 e. The number of hydrogen-bond donors (Lipinski definition) is 1. The van der Waals surface area contributed by atoms with E-state index in [4.69, 9.17) is 0 Å². The Bertz CT molecular complexity index is 1170. The molecule has 0 saturated carbocycles. The van der Waals surface area contributed by atoms with Gasteiger partial charge in [-0.15, -0.1) is 16.4 Å². The largest absolute Gasteiger partial charge is 0.395 e. The first kappa shape index (κ1) is 17.3. The molecular formula is C20H19N5O2S. The lowest BCUT2D eigenvalue weighted by Gasteiger charge is -2.20. The zero-order valence-corrected chi connectivity index (χ0v) is 16.0. The van der Waals surface area contributed by atoms with Crippen molar-refractivity contribution in [3.8, 4) is 0 Å². The average molecular weight is 393 g/mol. The minimum Gasteiger partial charge on any atom is -0.395 e. The van der Waals surface area contributed by atoms with Gasteiger partial charge in [0.2, 0.25) is 5.82 Å². The van der Waals surface area contributed by atoms with E-state index in [9.17, 15) is 9.90 Å². The normalized spacial score (nSPS) is 13.3. The first-order valence-electron chi connectivity index (χ1n) is 9.34. The van der Waals surface area contributed by atoms with Crippen LogP contribution in [-0.2, 0) is 19.4 Å². The van der Waals surface area contributed by atoms with Crippen molar-refractivity contribution in [1.82, 2.24) is 24.5 Å². The van der Waals surface area contributed by atoms with Crippen molar-refractivity contribution in [1.29, 1.82) is 0 Å². The van der Waals surface area contributed by atoms with Crippen LogP contribution < -0.4 is 0 Å². The van der Waals surface area contributed by atoms with Crippen LogP contribution in [0.1, 0.15) is 33.0 Å². The number of aryl methyl sites for hydroxylation is 2. The molecule has 0 atom stereocenters. The standard InChI is InChI=1S/C20H19N5O2S/c26-10-9-24(11-13-5-2-1-3-6-13)20(27)17-22-18-16-14-7-4-8-15(14)28-19(16)21-12-25(18)23-17/h1-3,5-6,12,26H,4,7-11H2. The number of carbonyl (C=O) groups excluding carboxylic acids is 1. The first-order chi connectivity index (χ1) is 13.7. The fourth-order valence-corrected chi connectivity index (χ4v) is 5.03. The highest BCUT2D eigenvalue weighted by molar-refractivity contribution is 7.19. The summed E-state index contributed by atoms with van der Waals surface area (Å²) in [6.07, 6.45) is 4.89. The Morgan fingerprint density at radius 2 is 2.11 bits per heavy atom. The average Bonchev–Trinajstić information content (AvgIpc) is 3.41. The number of benzene rings is 1. The molecule has 1 amide bonds. The lowest BCUT2D eigenvalue weighted by molar-refractivity contribution is 0.0696. The van der Waals surface area contributed by atoms with Crippen LogP contribution in [0, 0.1) is 0 Å². The van der Waals surface area contributed by atoms with Crippen LogP contribution in [0.25, 0.3) is 15.9 Å². The van der Waals surface area contributed by atoms with Gasteiger partial charge < -0.3 is 10.0 Å². The lowest BCUT2D eigenvalue weighted by atomic mass is 10.2. The van der Waals surface area contributed by atoms with E-state index in [0.717, 1.165) is 35.0 Å². The summed E-state index contributed by atoms with van der Waals surface area (Å²) >= 11 is 1.71. The molecule has 0 bridgehead atoms. The summed E-state index contributed by atoms with van der Waals surface area (Å²) in [4.78, 5) is 26.1.